The first-order chi connectivity index (χ1) is 12.2. The first kappa shape index (κ1) is 18.2. The minimum absolute atomic E-state index is 0.182. The zero-order valence-corrected chi connectivity index (χ0v) is 15.5. The largest absolute Gasteiger partial charge is 0.497 e. The van der Waals surface area contributed by atoms with Crippen molar-refractivity contribution in [2.24, 2.45) is 11.8 Å². The summed E-state index contributed by atoms with van der Waals surface area (Å²) < 4.78 is 5.28. The predicted octanol–water partition coefficient (Wildman–Crippen LogP) is 2.19. The summed E-state index contributed by atoms with van der Waals surface area (Å²) in [6, 6.07) is 8.73. The van der Waals surface area contributed by atoms with E-state index < -0.39 is 0 Å². The molecule has 2 aliphatic heterocycles. The van der Waals surface area contributed by atoms with Gasteiger partial charge in [0.25, 0.3) is 0 Å². The minimum atomic E-state index is 0.182. The van der Waals surface area contributed by atoms with Gasteiger partial charge >= 0.3 is 0 Å². The molecule has 25 heavy (non-hydrogen) atoms. The Morgan fingerprint density at radius 2 is 1.96 bits per heavy atom. The molecule has 3 rings (SSSR count). The van der Waals surface area contributed by atoms with Crippen molar-refractivity contribution in [3.63, 3.8) is 0 Å². The molecule has 2 atom stereocenters. The summed E-state index contributed by atoms with van der Waals surface area (Å²) in [5, 5.41) is 6.57. The summed E-state index contributed by atoms with van der Waals surface area (Å²) in [6.07, 6.45) is 4.27. The van der Waals surface area contributed by atoms with E-state index in [9.17, 15) is 4.79 Å². The number of piperidine rings is 2. The lowest BCUT2D eigenvalue weighted by atomic mass is 9.84. The van der Waals surface area contributed by atoms with Crippen LogP contribution in [0, 0.1) is 11.8 Å². The second kappa shape index (κ2) is 8.68. The van der Waals surface area contributed by atoms with Gasteiger partial charge in [0.1, 0.15) is 5.75 Å². The lowest BCUT2D eigenvalue weighted by molar-refractivity contribution is -0.126. The summed E-state index contributed by atoms with van der Waals surface area (Å²) in [7, 11) is 3.89. The van der Waals surface area contributed by atoms with Crippen LogP contribution in [0.15, 0.2) is 24.3 Å². The standard InChI is InChI=1S/C20H31N3O2/c1-23-13-3-4-17(14-22-20(24)16-9-11-21-12-10-16)19(23)15-5-7-18(25-2)8-6-15/h5-8,16-17,19,21H,3-4,9-14H2,1-2H3,(H,22,24)/t17-,19-/m0/s1. The number of nitrogens with one attached hydrogen (secondary N) is 2. The summed E-state index contributed by atoms with van der Waals surface area (Å²) in [5.41, 5.74) is 1.31. The van der Waals surface area contributed by atoms with Gasteiger partial charge in [-0.1, -0.05) is 12.1 Å². The molecule has 2 saturated heterocycles. The molecule has 0 radical (unpaired) electrons. The third-order valence-corrected chi connectivity index (χ3v) is 5.71. The second-order valence-electron chi connectivity index (χ2n) is 7.37. The Morgan fingerprint density at radius 3 is 2.64 bits per heavy atom. The van der Waals surface area contributed by atoms with Crippen LogP contribution in [-0.4, -0.2) is 51.1 Å². The molecule has 0 aromatic heterocycles. The molecule has 1 aromatic rings. The van der Waals surface area contributed by atoms with Gasteiger partial charge in [-0.3, -0.25) is 9.69 Å². The summed E-state index contributed by atoms with van der Waals surface area (Å²) in [6.45, 7) is 3.79. The third-order valence-electron chi connectivity index (χ3n) is 5.71. The average Bonchev–Trinajstić information content (AvgIpc) is 2.67. The van der Waals surface area contributed by atoms with Crippen LogP contribution in [-0.2, 0) is 4.79 Å². The number of hydrogen-bond acceptors (Lipinski definition) is 4. The molecule has 0 aliphatic carbocycles. The maximum atomic E-state index is 12.5. The van der Waals surface area contributed by atoms with E-state index in [0.717, 1.165) is 51.2 Å². The van der Waals surface area contributed by atoms with Crippen LogP contribution >= 0.6 is 0 Å². The fraction of sp³-hybridized carbons (Fsp3) is 0.650. The molecule has 2 fully saturated rings. The smallest absolute Gasteiger partial charge is 0.223 e. The first-order valence-electron chi connectivity index (χ1n) is 9.51. The molecular weight excluding hydrogens is 314 g/mol. The Morgan fingerprint density at radius 1 is 1.24 bits per heavy atom. The highest BCUT2D eigenvalue weighted by atomic mass is 16.5. The summed E-state index contributed by atoms with van der Waals surface area (Å²) >= 11 is 0. The van der Waals surface area contributed by atoms with Gasteiger partial charge in [0.2, 0.25) is 5.91 Å². The topological polar surface area (TPSA) is 53.6 Å². The molecule has 0 bridgehead atoms. The van der Waals surface area contributed by atoms with Crippen molar-refractivity contribution in [3.05, 3.63) is 29.8 Å². The van der Waals surface area contributed by atoms with E-state index in [2.05, 4.69) is 34.7 Å². The monoisotopic (exact) mass is 345 g/mol. The molecule has 138 valence electrons. The predicted molar refractivity (Wildman–Crippen MR) is 99.7 cm³/mol. The Labute approximate surface area is 151 Å². The highest BCUT2D eigenvalue weighted by Gasteiger charge is 2.31. The van der Waals surface area contributed by atoms with E-state index in [-0.39, 0.29) is 11.8 Å². The quantitative estimate of drug-likeness (QED) is 0.859. The third kappa shape index (κ3) is 4.53. The highest BCUT2D eigenvalue weighted by Crippen LogP contribution is 2.35. The maximum Gasteiger partial charge on any atom is 0.223 e. The fourth-order valence-corrected chi connectivity index (χ4v) is 4.26. The van der Waals surface area contributed by atoms with Gasteiger partial charge < -0.3 is 15.4 Å². The van der Waals surface area contributed by atoms with Crippen molar-refractivity contribution in [1.82, 2.24) is 15.5 Å². The average molecular weight is 345 g/mol. The number of benzene rings is 1. The zero-order chi connectivity index (χ0) is 17.6. The number of amides is 1. The lowest BCUT2D eigenvalue weighted by Crippen LogP contribution is -2.44. The van der Waals surface area contributed by atoms with Gasteiger partial charge in [-0.15, -0.1) is 0 Å². The van der Waals surface area contributed by atoms with E-state index in [1.54, 1.807) is 7.11 Å². The fourth-order valence-electron chi connectivity index (χ4n) is 4.26. The summed E-state index contributed by atoms with van der Waals surface area (Å²) in [5.74, 6) is 1.76. The number of rotatable bonds is 5. The first-order valence-corrected chi connectivity index (χ1v) is 9.51. The number of ether oxygens (including phenoxy) is 1. The van der Waals surface area contributed by atoms with E-state index in [1.165, 1.54) is 12.0 Å². The Hall–Kier alpha value is -1.59. The molecule has 1 amide bonds. The van der Waals surface area contributed by atoms with Crippen molar-refractivity contribution in [1.29, 1.82) is 0 Å². The maximum absolute atomic E-state index is 12.5. The van der Waals surface area contributed by atoms with E-state index in [4.69, 9.17) is 4.74 Å². The normalized spacial score (nSPS) is 25.5. The molecular formula is C20H31N3O2. The van der Waals surface area contributed by atoms with Crippen molar-refractivity contribution < 1.29 is 9.53 Å². The van der Waals surface area contributed by atoms with Gasteiger partial charge in [-0.25, -0.2) is 0 Å². The van der Waals surface area contributed by atoms with Crippen LogP contribution in [0.1, 0.15) is 37.3 Å². The van der Waals surface area contributed by atoms with E-state index in [1.807, 2.05) is 12.1 Å². The minimum Gasteiger partial charge on any atom is -0.497 e. The van der Waals surface area contributed by atoms with Gasteiger partial charge in [0.05, 0.1) is 7.11 Å². The van der Waals surface area contributed by atoms with Gasteiger partial charge in [0.15, 0.2) is 0 Å². The van der Waals surface area contributed by atoms with Gasteiger partial charge in [-0.05, 0) is 76.0 Å². The number of hydrogen-bond donors (Lipinski definition) is 2. The Kier molecular flexibility index (Phi) is 6.32. The number of methoxy groups -OCH3 is 1. The molecule has 0 saturated carbocycles. The van der Waals surface area contributed by atoms with Crippen LogP contribution in [0.5, 0.6) is 5.75 Å². The molecule has 2 N–H and O–H groups in total. The zero-order valence-electron chi connectivity index (χ0n) is 15.5. The molecule has 0 unspecified atom stereocenters. The van der Waals surface area contributed by atoms with Crippen LogP contribution in [0.25, 0.3) is 0 Å². The molecule has 1 aromatic carbocycles. The van der Waals surface area contributed by atoms with Crippen molar-refractivity contribution in [3.8, 4) is 5.75 Å². The van der Waals surface area contributed by atoms with Crippen molar-refractivity contribution >= 4 is 5.91 Å². The molecule has 5 nitrogen and oxygen atoms in total. The van der Waals surface area contributed by atoms with Crippen LogP contribution in [0.2, 0.25) is 0 Å². The second-order valence-corrected chi connectivity index (χ2v) is 7.37. The number of nitrogens with zero attached hydrogens (tertiary/aromatic N) is 1. The van der Waals surface area contributed by atoms with Crippen LogP contribution < -0.4 is 15.4 Å². The van der Waals surface area contributed by atoms with E-state index >= 15 is 0 Å². The summed E-state index contributed by atoms with van der Waals surface area (Å²) in [4.78, 5) is 14.9. The number of carbonyl (C=O) groups excluding carboxylic acids is 1. The van der Waals surface area contributed by atoms with Crippen molar-refractivity contribution in [2.45, 2.75) is 31.7 Å². The molecule has 2 aliphatic rings. The number of carbonyl (C=O) groups is 1. The molecule has 5 heteroatoms. The van der Waals surface area contributed by atoms with Crippen LogP contribution in [0.4, 0.5) is 0 Å². The van der Waals surface area contributed by atoms with Crippen LogP contribution in [0.3, 0.4) is 0 Å². The van der Waals surface area contributed by atoms with Gasteiger partial charge in [-0.2, -0.15) is 0 Å². The SMILES string of the molecule is COc1ccc([C@H]2[C@H](CNC(=O)C3CCNCC3)CCCN2C)cc1. The van der Waals surface area contributed by atoms with Gasteiger partial charge in [0, 0.05) is 18.5 Å². The lowest BCUT2D eigenvalue weighted by Gasteiger charge is -2.40. The van der Waals surface area contributed by atoms with Crippen molar-refractivity contribution in [2.75, 3.05) is 40.3 Å². The molecule has 0 spiro atoms. The Balaban J connectivity index is 1.63. The molecule has 2 heterocycles. The number of likely N-dealkylation sites (tertiary alicyclic amines) is 1. The highest BCUT2D eigenvalue weighted by molar-refractivity contribution is 5.78. The Bertz CT molecular complexity index is 555. The van der Waals surface area contributed by atoms with E-state index in [0.29, 0.717) is 12.0 Å².